The molecule has 1 heterocycles. The van der Waals surface area contributed by atoms with Gasteiger partial charge in [0.15, 0.2) is 0 Å². The average molecular weight is 431 g/mol. The van der Waals surface area contributed by atoms with E-state index in [1.165, 1.54) is 0 Å². The van der Waals surface area contributed by atoms with Gasteiger partial charge in [0, 0.05) is 18.8 Å². The fourth-order valence-electron chi connectivity index (χ4n) is 3.71. The van der Waals surface area contributed by atoms with Crippen LogP contribution < -0.4 is 22.1 Å². The molecule has 1 fully saturated rings. The average Bonchev–Trinajstić information content (AvgIpc) is 2.62. The van der Waals surface area contributed by atoms with Crippen LogP contribution >= 0.6 is 0 Å². The van der Waals surface area contributed by atoms with Crippen molar-refractivity contribution >= 4 is 17.7 Å². The summed E-state index contributed by atoms with van der Waals surface area (Å²) in [5.41, 5.74) is 5.67. The maximum Gasteiger partial charge on any atom is 0.267 e. The monoisotopic (exact) mass is 430 g/mol. The number of aliphatic hydroxyl groups excluding tert-OH is 2. The van der Waals surface area contributed by atoms with E-state index in [0.717, 1.165) is 0 Å². The van der Waals surface area contributed by atoms with Crippen LogP contribution in [0.5, 0.6) is 0 Å². The molecule has 0 aromatic rings. The highest BCUT2D eigenvalue weighted by Gasteiger charge is 2.54. The highest BCUT2D eigenvalue weighted by Crippen LogP contribution is 2.42. The molecule has 0 radical (unpaired) electrons. The van der Waals surface area contributed by atoms with Crippen LogP contribution in [-0.2, 0) is 19.1 Å². The van der Waals surface area contributed by atoms with Crippen LogP contribution in [-0.4, -0.2) is 52.4 Å². The smallest absolute Gasteiger partial charge is 0.267 e. The highest BCUT2D eigenvalue weighted by atomic mass is 16.5. The van der Waals surface area contributed by atoms with Crippen LogP contribution in [0.4, 0.5) is 0 Å². The number of aliphatic hydroxyl groups is 2. The number of ether oxygens (including phenoxy) is 1. The number of hydrazine groups is 2. The molecule has 5 atom stereocenters. The van der Waals surface area contributed by atoms with E-state index in [1.807, 2.05) is 47.0 Å². The molecule has 0 aromatic carbocycles. The Hall–Kier alpha value is -1.75. The van der Waals surface area contributed by atoms with E-state index in [2.05, 4.69) is 10.9 Å². The Morgan fingerprint density at radius 1 is 0.867 bits per heavy atom. The number of unbranched alkanes of at least 4 members (excludes halogenated alkanes) is 1. The fraction of sp³-hybridized carbons (Fsp3) is 0.850. The summed E-state index contributed by atoms with van der Waals surface area (Å²) in [5.74, 6) is 3.00. The lowest BCUT2D eigenvalue weighted by Crippen LogP contribution is -2.65. The Bertz CT molecular complexity index is 613. The Labute approximate surface area is 178 Å². The minimum atomic E-state index is -1.16. The number of hydrogen-bond donors (Lipinski definition) is 6. The molecule has 3 amide bonds. The maximum atomic E-state index is 12.8. The Balaban J connectivity index is 2.75. The number of carbonyl (C=O) groups is 3. The zero-order valence-electron chi connectivity index (χ0n) is 18.8. The van der Waals surface area contributed by atoms with Crippen molar-refractivity contribution in [2.45, 2.75) is 91.6 Å². The summed E-state index contributed by atoms with van der Waals surface area (Å²) in [6.07, 6.45) is -2.84. The van der Waals surface area contributed by atoms with E-state index < -0.39 is 53.0 Å². The van der Waals surface area contributed by atoms with Gasteiger partial charge in [-0.15, -0.1) is 0 Å². The third kappa shape index (κ3) is 7.19. The number of rotatable bonds is 6. The molecule has 1 saturated heterocycles. The molecule has 1 rings (SSSR count). The van der Waals surface area contributed by atoms with Crippen molar-refractivity contribution < 1.29 is 29.3 Å². The molecule has 7 N–H and O–H groups in total. The molecule has 0 bridgehead atoms. The summed E-state index contributed by atoms with van der Waals surface area (Å²) in [6.45, 7) is 11.1. The molecule has 10 nitrogen and oxygen atoms in total. The van der Waals surface area contributed by atoms with Gasteiger partial charge in [-0.3, -0.25) is 30.7 Å². The summed E-state index contributed by atoms with van der Waals surface area (Å²) in [7, 11) is 0. The van der Waals surface area contributed by atoms with Crippen molar-refractivity contribution in [3.05, 3.63) is 0 Å². The van der Waals surface area contributed by atoms with Gasteiger partial charge in [-0.25, -0.2) is 5.84 Å². The van der Waals surface area contributed by atoms with Crippen molar-refractivity contribution in [1.29, 1.82) is 0 Å². The van der Waals surface area contributed by atoms with Gasteiger partial charge in [0.05, 0.1) is 12.2 Å². The molecule has 10 heteroatoms. The van der Waals surface area contributed by atoms with E-state index in [1.54, 1.807) is 0 Å². The second kappa shape index (κ2) is 10.5. The van der Waals surface area contributed by atoms with E-state index in [9.17, 15) is 24.6 Å². The molecule has 1 aliphatic rings. The van der Waals surface area contributed by atoms with Crippen LogP contribution in [0.1, 0.15) is 67.2 Å². The highest BCUT2D eigenvalue weighted by molar-refractivity contribution is 5.85. The van der Waals surface area contributed by atoms with E-state index >= 15 is 0 Å². The summed E-state index contributed by atoms with van der Waals surface area (Å²) in [4.78, 5) is 35.9. The quantitative estimate of drug-likeness (QED) is 0.148. The first-order valence-corrected chi connectivity index (χ1v) is 10.3. The van der Waals surface area contributed by atoms with Crippen LogP contribution in [0.2, 0.25) is 0 Å². The van der Waals surface area contributed by atoms with Gasteiger partial charge in [-0.1, -0.05) is 41.5 Å². The van der Waals surface area contributed by atoms with Crippen molar-refractivity contribution in [2.75, 3.05) is 0 Å². The third-order valence-corrected chi connectivity index (χ3v) is 5.30. The number of nitrogens with two attached hydrogens (primary N) is 1. The molecule has 30 heavy (non-hydrogen) atoms. The lowest BCUT2D eigenvalue weighted by atomic mass is 9.68. The lowest BCUT2D eigenvalue weighted by Gasteiger charge is -2.50. The Morgan fingerprint density at radius 2 is 1.40 bits per heavy atom. The van der Waals surface area contributed by atoms with Crippen molar-refractivity contribution in [3.63, 3.8) is 0 Å². The van der Waals surface area contributed by atoms with Crippen molar-refractivity contribution in [3.8, 4) is 0 Å². The van der Waals surface area contributed by atoms with Crippen molar-refractivity contribution in [1.82, 2.24) is 16.3 Å². The molecule has 2 unspecified atom stereocenters. The number of carbonyl (C=O) groups excluding carboxylic acids is 3. The van der Waals surface area contributed by atoms with Gasteiger partial charge >= 0.3 is 0 Å². The first-order valence-electron chi connectivity index (χ1n) is 10.3. The van der Waals surface area contributed by atoms with Crippen LogP contribution in [0, 0.1) is 16.7 Å². The first-order chi connectivity index (χ1) is 13.7. The molecular formula is C20H38N4O6. The van der Waals surface area contributed by atoms with Gasteiger partial charge in [0.2, 0.25) is 11.8 Å². The summed E-state index contributed by atoms with van der Waals surface area (Å²) >= 11 is 0. The lowest BCUT2D eigenvalue weighted by molar-refractivity contribution is -0.240. The Morgan fingerprint density at radius 3 is 1.87 bits per heavy atom. The normalized spacial score (nSPS) is 27.3. The minimum absolute atomic E-state index is 0.123. The second-order valence-electron chi connectivity index (χ2n) is 10.0. The minimum Gasteiger partial charge on any atom is -0.390 e. The third-order valence-electron chi connectivity index (χ3n) is 5.30. The summed E-state index contributed by atoms with van der Waals surface area (Å²) in [6, 6.07) is 0. The number of nitrogens with one attached hydrogen (secondary N) is 3. The zero-order chi connectivity index (χ0) is 23.3. The number of hydrogen-bond acceptors (Lipinski definition) is 7. The standard InChI is InChI=1S/C20H38N4O6/c1-19(2,3)13-14(27)15(28)17(20(4,5)6)30-16(13)18(29)24-23-12(26)10-8-7-9-11(25)22-21/h13-17,27-28H,7-10,21H2,1-6H3,(H,22,25)(H,23,26)(H,24,29)/t13-,14-,15?,16?,17+/m0/s1. The molecular weight excluding hydrogens is 392 g/mol. The van der Waals surface area contributed by atoms with Gasteiger partial charge in [0.25, 0.3) is 5.91 Å². The largest absolute Gasteiger partial charge is 0.390 e. The predicted molar refractivity (Wildman–Crippen MR) is 110 cm³/mol. The molecule has 1 aliphatic heterocycles. The predicted octanol–water partition coefficient (Wildman–Crippen LogP) is -0.118. The van der Waals surface area contributed by atoms with E-state index in [4.69, 9.17) is 10.6 Å². The Kier molecular flexibility index (Phi) is 9.22. The second-order valence-corrected chi connectivity index (χ2v) is 10.0. The van der Waals surface area contributed by atoms with Crippen molar-refractivity contribution in [2.24, 2.45) is 22.6 Å². The fourth-order valence-corrected chi connectivity index (χ4v) is 3.71. The van der Waals surface area contributed by atoms with Crippen LogP contribution in [0.25, 0.3) is 0 Å². The topological polar surface area (TPSA) is 163 Å². The number of amides is 3. The van der Waals surface area contributed by atoms with Crippen LogP contribution in [0.15, 0.2) is 0 Å². The molecule has 0 aromatic heterocycles. The molecule has 0 aliphatic carbocycles. The van der Waals surface area contributed by atoms with E-state index in [-0.39, 0.29) is 18.7 Å². The van der Waals surface area contributed by atoms with Gasteiger partial charge in [-0.2, -0.15) is 0 Å². The van der Waals surface area contributed by atoms with E-state index in [0.29, 0.717) is 12.8 Å². The van der Waals surface area contributed by atoms with Gasteiger partial charge < -0.3 is 14.9 Å². The molecule has 174 valence electrons. The maximum absolute atomic E-state index is 12.8. The van der Waals surface area contributed by atoms with Crippen LogP contribution in [0.3, 0.4) is 0 Å². The zero-order valence-corrected chi connectivity index (χ0v) is 18.8. The van der Waals surface area contributed by atoms with Gasteiger partial charge in [0.1, 0.15) is 12.2 Å². The summed E-state index contributed by atoms with van der Waals surface area (Å²) < 4.78 is 5.97. The SMILES string of the molecule is CC(C)(C)[C@@H]1OC(C(=O)NNC(=O)CCCCC(=O)NN)[C@@H](C(C)(C)C)[C@H](O)C1O. The summed E-state index contributed by atoms with van der Waals surface area (Å²) in [5, 5.41) is 21.4. The van der Waals surface area contributed by atoms with Gasteiger partial charge in [-0.05, 0) is 23.7 Å². The molecule has 0 spiro atoms. The molecule has 0 saturated carbocycles. The first kappa shape index (κ1) is 26.3.